The predicted octanol–water partition coefficient (Wildman–Crippen LogP) is 3.12. The molecule has 28 heavy (non-hydrogen) atoms. The van der Waals surface area contributed by atoms with Crippen molar-refractivity contribution < 1.29 is 14.4 Å². The van der Waals surface area contributed by atoms with Gasteiger partial charge in [-0.1, -0.05) is 29.0 Å². The first-order chi connectivity index (χ1) is 13.3. The van der Waals surface area contributed by atoms with E-state index in [1.807, 2.05) is 0 Å². The fourth-order valence-electron chi connectivity index (χ4n) is 2.89. The summed E-state index contributed by atoms with van der Waals surface area (Å²) in [6.07, 6.45) is 0. The number of thiazole rings is 1. The van der Waals surface area contributed by atoms with Gasteiger partial charge in [-0.3, -0.25) is 9.69 Å². The van der Waals surface area contributed by atoms with Crippen LogP contribution in [0.25, 0.3) is 10.2 Å². The number of aromatic nitrogens is 1. The molecule has 0 aliphatic rings. The summed E-state index contributed by atoms with van der Waals surface area (Å²) in [5.74, 6) is 0.510. The van der Waals surface area contributed by atoms with Crippen LogP contribution in [0.3, 0.4) is 0 Å². The van der Waals surface area contributed by atoms with Crippen LogP contribution < -0.4 is 14.5 Å². The molecular formula is C21H25ClN3O2S+. The Bertz CT molecular complexity index is 970. The van der Waals surface area contributed by atoms with E-state index in [0.717, 1.165) is 27.5 Å². The summed E-state index contributed by atoms with van der Waals surface area (Å²) in [6.45, 7) is 5.49. The number of fused-ring (bicyclic) bond motifs is 1. The average molecular weight is 419 g/mol. The number of rotatable bonds is 7. The van der Waals surface area contributed by atoms with Crippen molar-refractivity contribution in [2.45, 2.75) is 13.8 Å². The van der Waals surface area contributed by atoms with Crippen molar-refractivity contribution in [3.05, 3.63) is 52.5 Å². The summed E-state index contributed by atoms with van der Waals surface area (Å²) in [4.78, 5) is 20.7. The third-order valence-electron chi connectivity index (χ3n) is 4.36. The minimum atomic E-state index is -0.107. The Morgan fingerprint density at radius 3 is 2.61 bits per heavy atom. The van der Waals surface area contributed by atoms with Crippen LogP contribution in [0.2, 0.25) is 5.02 Å². The van der Waals surface area contributed by atoms with Crippen LogP contribution in [0.4, 0.5) is 5.13 Å². The number of likely N-dealkylation sites (N-methyl/N-ethyl adjacent to an activating group) is 1. The Morgan fingerprint density at radius 2 is 1.93 bits per heavy atom. The second kappa shape index (κ2) is 8.90. The zero-order chi connectivity index (χ0) is 20.3. The number of halogens is 1. The molecule has 1 amide bonds. The maximum absolute atomic E-state index is 13.0. The van der Waals surface area contributed by atoms with Gasteiger partial charge in [0, 0.05) is 5.02 Å². The molecule has 0 radical (unpaired) electrons. The number of nitrogens with one attached hydrogen (secondary N) is 1. The van der Waals surface area contributed by atoms with Crippen molar-refractivity contribution in [3.8, 4) is 5.75 Å². The second-order valence-electron chi connectivity index (χ2n) is 7.17. The topological polar surface area (TPSA) is 46.9 Å². The summed E-state index contributed by atoms with van der Waals surface area (Å²) in [7, 11) is 4.14. The highest BCUT2D eigenvalue weighted by atomic mass is 35.5. The lowest BCUT2D eigenvalue weighted by Crippen LogP contribution is -3.06. The molecule has 0 aliphatic carbocycles. The van der Waals surface area contributed by atoms with Gasteiger partial charge in [-0.15, -0.1) is 0 Å². The van der Waals surface area contributed by atoms with Gasteiger partial charge in [-0.2, -0.15) is 0 Å². The van der Waals surface area contributed by atoms with Crippen LogP contribution in [0, 0.1) is 13.8 Å². The standard InChI is InChI=1S/C21H24ClN3O2S/c1-14-11-15(2)20-18(12-14)28-21(23-20)25(10-9-24(3)4)19(26)13-27-17-7-5-16(22)6-8-17/h5-8,11-12H,9-10,13H2,1-4H3/p+1. The van der Waals surface area contributed by atoms with Gasteiger partial charge in [-0.25, -0.2) is 4.98 Å². The van der Waals surface area contributed by atoms with Crippen molar-refractivity contribution in [3.63, 3.8) is 0 Å². The van der Waals surface area contributed by atoms with Crippen molar-refractivity contribution >= 4 is 44.2 Å². The quantitative estimate of drug-likeness (QED) is 0.641. The first-order valence-corrected chi connectivity index (χ1v) is 10.4. The molecule has 7 heteroatoms. The third kappa shape index (κ3) is 5.01. The van der Waals surface area contributed by atoms with Gasteiger partial charge in [0.25, 0.3) is 5.91 Å². The van der Waals surface area contributed by atoms with Crippen LogP contribution in [-0.2, 0) is 4.79 Å². The van der Waals surface area contributed by atoms with Crippen LogP contribution in [-0.4, -0.2) is 44.7 Å². The van der Waals surface area contributed by atoms with Gasteiger partial charge in [0.05, 0.1) is 37.4 Å². The Labute approximate surface area is 174 Å². The highest BCUT2D eigenvalue weighted by molar-refractivity contribution is 7.22. The molecule has 148 valence electrons. The summed E-state index contributed by atoms with van der Waals surface area (Å²) in [5, 5.41) is 1.35. The highest BCUT2D eigenvalue weighted by Gasteiger charge is 2.22. The van der Waals surface area contributed by atoms with E-state index in [-0.39, 0.29) is 12.5 Å². The number of amides is 1. The molecule has 0 atom stereocenters. The number of carbonyl (C=O) groups excluding carboxylic acids is 1. The van der Waals surface area contributed by atoms with Crippen LogP contribution in [0.1, 0.15) is 11.1 Å². The van der Waals surface area contributed by atoms with Crippen LogP contribution in [0.15, 0.2) is 36.4 Å². The van der Waals surface area contributed by atoms with Gasteiger partial charge < -0.3 is 9.64 Å². The number of benzene rings is 2. The number of hydrogen-bond acceptors (Lipinski definition) is 4. The van der Waals surface area contributed by atoms with Gasteiger partial charge in [0.1, 0.15) is 5.75 Å². The number of hydrogen-bond donors (Lipinski definition) is 1. The highest BCUT2D eigenvalue weighted by Crippen LogP contribution is 2.31. The maximum atomic E-state index is 13.0. The summed E-state index contributed by atoms with van der Waals surface area (Å²) in [6, 6.07) is 11.2. The Balaban J connectivity index is 1.82. The molecule has 2 aromatic carbocycles. The Morgan fingerprint density at radius 1 is 1.21 bits per heavy atom. The van der Waals surface area contributed by atoms with Gasteiger partial charge in [-0.05, 0) is 55.3 Å². The number of nitrogens with zero attached hydrogens (tertiary/aromatic N) is 2. The molecule has 1 aromatic heterocycles. The summed E-state index contributed by atoms with van der Waals surface area (Å²) >= 11 is 7.45. The lowest BCUT2D eigenvalue weighted by molar-refractivity contribution is -0.856. The molecule has 1 heterocycles. The zero-order valence-corrected chi connectivity index (χ0v) is 18.2. The number of ether oxygens (including phenoxy) is 1. The molecule has 0 saturated carbocycles. The number of quaternary nitrogens is 1. The van der Waals surface area contributed by atoms with Crippen molar-refractivity contribution in [1.82, 2.24) is 4.98 Å². The second-order valence-corrected chi connectivity index (χ2v) is 8.62. The fourth-order valence-corrected chi connectivity index (χ4v) is 4.20. The zero-order valence-electron chi connectivity index (χ0n) is 16.6. The largest absolute Gasteiger partial charge is 0.484 e. The molecular weight excluding hydrogens is 394 g/mol. The lowest BCUT2D eigenvalue weighted by Gasteiger charge is -2.20. The SMILES string of the molecule is Cc1cc(C)c2nc(N(CC[NH+](C)C)C(=O)COc3ccc(Cl)cc3)sc2c1. The minimum Gasteiger partial charge on any atom is -0.484 e. The molecule has 5 nitrogen and oxygen atoms in total. The van der Waals surface area contributed by atoms with Crippen molar-refractivity contribution in [1.29, 1.82) is 0 Å². The van der Waals surface area contributed by atoms with E-state index >= 15 is 0 Å². The molecule has 0 spiro atoms. The van der Waals surface area contributed by atoms with E-state index in [4.69, 9.17) is 21.3 Å². The Kier molecular flexibility index (Phi) is 6.54. The maximum Gasteiger partial charge on any atom is 0.266 e. The first kappa shape index (κ1) is 20.6. The average Bonchev–Trinajstić information content (AvgIpc) is 3.05. The smallest absolute Gasteiger partial charge is 0.266 e. The van der Waals surface area contributed by atoms with E-state index in [2.05, 4.69) is 40.1 Å². The fraction of sp³-hybridized carbons (Fsp3) is 0.333. The van der Waals surface area contributed by atoms with Crippen molar-refractivity contribution in [2.24, 2.45) is 0 Å². The molecule has 0 unspecified atom stereocenters. The Hall–Kier alpha value is -2.15. The third-order valence-corrected chi connectivity index (χ3v) is 5.64. The van der Waals surface area contributed by atoms with Crippen molar-refractivity contribution in [2.75, 3.05) is 38.7 Å². The molecule has 0 fully saturated rings. The predicted molar refractivity (Wildman–Crippen MR) is 116 cm³/mol. The molecule has 0 saturated heterocycles. The molecule has 1 N–H and O–H groups in total. The van der Waals surface area contributed by atoms with E-state index in [1.54, 1.807) is 40.5 Å². The molecule has 0 aliphatic heterocycles. The van der Waals surface area contributed by atoms with E-state index in [9.17, 15) is 4.79 Å². The van der Waals surface area contributed by atoms with Crippen LogP contribution >= 0.6 is 22.9 Å². The van der Waals surface area contributed by atoms with Gasteiger partial charge in [0.2, 0.25) is 0 Å². The van der Waals surface area contributed by atoms with E-state index < -0.39 is 0 Å². The monoisotopic (exact) mass is 418 g/mol. The lowest BCUT2D eigenvalue weighted by atomic mass is 10.1. The summed E-state index contributed by atoms with van der Waals surface area (Å²) in [5.41, 5.74) is 3.28. The van der Waals surface area contributed by atoms with Gasteiger partial charge in [0.15, 0.2) is 11.7 Å². The first-order valence-electron chi connectivity index (χ1n) is 9.19. The number of aryl methyl sites for hydroxylation is 2. The van der Waals surface area contributed by atoms with Gasteiger partial charge >= 0.3 is 0 Å². The normalized spacial score (nSPS) is 11.2. The number of anilines is 1. The molecule has 3 rings (SSSR count). The van der Waals surface area contributed by atoms with E-state index in [1.165, 1.54) is 10.5 Å². The van der Waals surface area contributed by atoms with Crippen LogP contribution in [0.5, 0.6) is 5.75 Å². The number of carbonyl (C=O) groups is 1. The molecule has 3 aromatic rings. The molecule has 0 bridgehead atoms. The summed E-state index contributed by atoms with van der Waals surface area (Å²) < 4.78 is 6.77. The van der Waals surface area contributed by atoms with E-state index in [0.29, 0.717) is 17.3 Å². The minimum absolute atomic E-state index is 0.0433.